The molecule has 0 saturated carbocycles. The van der Waals surface area contributed by atoms with Crippen LogP contribution in [-0.2, 0) is 13.1 Å². The Morgan fingerprint density at radius 1 is 0.600 bits per heavy atom. The van der Waals surface area contributed by atoms with Gasteiger partial charge in [-0.1, -0.05) is 36.4 Å². The lowest BCUT2D eigenvalue weighted by molar-refractivity contribution is 0.559. The number of nitrogens with zero attached hydrogens (tertiary/aromatic N) is 4. The molecule has 6 nitrogen and oxygen atoms in total. The van der Waals surface area contributed by atoms with Crippen molar-refractivity contribution in [1.29, 1.82) is 0 Å². The van der Waals surface area contributed by atoms with Gasteiger partial charge in [0.15, 0.2) is 0 Å². The van der Waals surface area contributed by atoms with Crippen LogP contribution in [0.5, 0.6) is 0 Å². The van der Waals surface area contributed by atoms with Gasteiger partial charge < -0.3 is 0 Å². The number of para-hydroxylation sites is 2. The zero-order valence-electron chi connectivity index (χ0n) is 17.9. The Morgan fingerprint density at radius 2 is 0.933 bits per heavy atom. The van der Waals surface area contributed by atoms with Gasteiger partial charge in [0, 0.05) is 36.6 Å². The van der Waals surface area contributed by atoms with Gasteiger partial charge in [0.05, 0.1) is 11.4 Å². The molecule has 0 aliphatic rings. The molecule has 0 radical (unpaired) electrons. The van der Waals surface area contributed by atoms with Crippen LogP contribution < -0.4 is 11.1 Å². The number of aryl methyl sites for hydroxylation is 2. The monoisotopic (exact) mass is 404 g/mol. The first-order valence-electron chi connectivity index (χ1n) is 10.2. The molecule has 0 atom stereocenters. The topological polar surface area (TPSA) is 53.9 Å². The summed E-state index contributed by atoms with van der Waals surface area (Å²) in [5, 5.41) is 0. The van der Waals surface area contributed by atoms with E-state index in [-0.39, 0.29) is 11.1 Å². The third kappa shape index (κ3) is 4.22. The van der Waals surface area contributed by atoms with E-state index in [1.54, 1.807) is 21.5 Å². The average molecular weight is 405 g/mol. The SMILES string of the molecule is CCn1c(C)cc(=O)n1-c1ccccc1.CCn1c(C)cc(=O)n1-c1ccccc1. The fourth-order valence-corrected chi connectivity index (χ4v) is 3.64. The molecule has 0 N–H and O–H groups in total. The minimum Gasteiger partial charge on any atom is -0.283 e. The molecule has 0 unspecified atom stereocenters. The predicted molar refractivity (Wildman–Crippen MR) is 121 cm³/mol. The highest BCUT2D eigenvalue weighted by molar-refractivity contribution is 5.31. The Hall–Kier alpha value is -3.54. The minimum atomic E-state index is 0.0283. The van der Waals surface area contributed by atoms with Crippen molar-refractivity contribution >= 4 is 0 Å². The van der Waals surface area contributed by atoms with E-state index in [2.05, 4.69) is 0 Å². The molecule has 30 heavy (non-hydrogen) atoms. The van der Waals surface area contributed by atoms with Crippen LogP contribution in [0.15, 0.2) is 82.4 Å². The van der Waals surface area contributed by atoms with Crippen LogP contribution in [0.25, 0.3) is 11.4 Å². The third-order valence-electron chi connectivity index (χ3n) is 4.98. The summed E-state index contributed by atoms with van der Waals surface area (Å²) >= 11 is 0. The second kappa shape index (κ2) is 9.31. The van der Waals surface area contributed by atoms with Crippen molar-refractivity contribution in [3.8, 4) is 11.4 Å². The van der Waals surface area contributed by atoms with Crippen LogP contribution in [-0.4, -0.2) is 18.7 Å². The van der Waals surface area contributed by atoms with Gasteiger partial charge in [-0.05, 0) is 52.0 Å². The van der Waals surface area contributed by atoms with E-state index in [0.717, 1.165) is 35.9 Å². The third-order valence-corrected chi connectivity index (χ3v) is 4.98. The lowest BCUT2D eigenvalue weighted by Gasteiger charge is -2.10. The Morgan fingerprint density at radius 3 is 1.23 bits per heavy atom. The molecule has 2 aromatic heterocycles. The summed E-state index contributed by atoms with van der Waals surface area (Å²) in [6.45, 7) is 9.55. The Kier molecular flexibility index (Phi) is 6.57. The van der Waals surface area contributed by atoms with Crippen molar-refractivity contribution in [2.75, 3.05) is 0 Å². The first-order valence-corrected chi connectivity index (χ1v) is 10.2. The van der Waals surface area contributed by atoms with Crippen LogP contribution in [0.3, 0.4) is 0 Å². The molecular weight excluding hydrogens is 376 g/mol. The minimum absolute atomic E-state index is 0.0283. The van der Waals surface area contributed by atoms with Gasteiger partial charge >= 0.3 is 0 Å². The summed E-state index contributed by atoms with van der Waals surface area (Å²) in [5.41, 5.74) is 3.87. The molecule has 4 rings (SSSR count). The summed E-state index contributed by atoms with van der Waals surface area (Å²) < 4.78 is 7.35. The van der Waals surface area contributed by atoms with Gasteiger partial charge in [0.25, 0.3) is 11.1 Å². The van der Waals surface area contributed by atoms with E-state index < -0.39 is 0 Å². The number of benzene rings is 2. The largest absolute Gasteiger partial charge is 0.283 e. The van der Waals surface area contributed by atoms with Crippen LogP contribution in [0.4, 0.5) is 0 Å². The van der Waals surface area contributed by atoms with E-state index in [1.165, 1.54) is 0 Å². The maximum absolute atomic E-state index is 11.8. The zero-order valence-corrected chi connectivity index (χ0v) is 17.9. The van der Waals surface area contributed by atoms with Gasteiger partial charge in [-0.3, -0.25) is 19.0 Å². The molecule has 0 saturated heterocycles. The lowest BCUT2D eigenvalue weighted by atomic mass is 10.3. The van der Waals surface area contributed by atoms with Crippen molar-refractivity contribution in [1.82, 2.24) is 18.7 Å². The Balaban J connectivity index is 0.000000171. The fourth-order valence-electron chi connectivity index (χ4n) is 3.64. The summed E-state index contributed by atoms with van der Waals surface area (Å²) in [5.74, 6) is 0. The average Bonchev–Trinajstić information content (AvgIpc) is 3.22. The molecule has 156 valence electrons. The maximum Gasteiger partial charge on any atom is 0.271 e. The van der Waals surface area contributed by atoms with Crippen molar-refractivity contribution in [2.45, 2.75) is 40.8 Å². The standard InChI is InChI=1S/2C12H14N2O/c2*1-3-13-10(2)9-12(15)14(13)11-7-5-4-6-8-11/h2*4-9H,3H2,1-2H3. The molecule has 2 aromatic carbocycles. The second-order valence-corrected chi connectivity index (χ2v) is 6.97. The Bertz CT molecular complexity index is 1110. The zero-order chi connectivity index (χ0) is 21.7. The molecule has 6 heteroatoms. The molecule has 0 bridgehead atoms. The lowest BCUT2D eigenvalue weighted by Crippen LogP contribution is -2.20. The molecule has 0 aliphatic heterocycles. The highest BCUT2D eigenvalue weighted by Gasteiger charge is 2.08. The highest BCUT2D eigenvalue weighted by Crippen LogP contribution is 2.07. The number of hydrogen-bond acceptors (Lipinski definition) is 2. The van der Waals surface area contributed by atoms with Crippen LogP contribution in [0.2, 0.25) is 0 Å². The Labute approximate surface area is 176 Å². The summed E-state index contributed by atoms with van der Waals surface area (Å²) in [4.78, 5) is 23.5. The first kappa shape index (κ1) is 21.2. The van der Waals surface area contributed by atoms with E-state index in [0.29, 0.717) is 0 Å². The van der Waals surface area contributed by atoms with E-state index >= 15 is 0 Å². The molecule has 0 fully saturated rings. The smallest absolute Gasteiger partial charge is 0.271 e. The molecule has 0 amide bonds. The van der Waals surface area contributed by atoms with Crippen molar-refractivity contribution in [3.05, 3.63) is 105 Å². The van der Waals surface area contributed by atoms with Crippen LogP contribution in [0, 0.1) is 13.8 Å². The summed E-state index contributed by atoms with van der Waals surface area (Å²) in [6, 6.07) is 22.7. The normalized spacial score (nSPS) is 10.5. The van der Waals surface area contributed by atoms with Crippen molar-refractivity contribution < 1.29 is 0 Å². The van der Waals surface area contributed by atoms with Crippen LogP contribution >= 0.6 is 0 Å². The van der Waals surface area contributed by atoms with E-state index in [4.69, 9.17) is 0 Å². The van der Waals surface area contributed by atoms with Gasteiger partial charge in [-0.2, -0.15) is 0 Å². The maximum atomic E-state index is 11.8. The van der Waals surface area contributed by atoms with Gasteiger partial charge in [0.1, 0.15) is 0 Å². The molecule has 0 aliphatic carbocycles. The second-order valence-electron chi connectivity index (χ2n) is 6.97. The predicted octanol–water partition coefficient (Wildman–Crippen LogP) is 3.93. The van der Waals surface area contributed by atoms with E-state index in [9.17, 15) is 9.59 Å². The van der Waals surface area contributed by atoms with Crippen LogP contribution in [0.1, 0.15) is 25.2 Å². The first-order chi connectivity index (χ1) is 14.5. The van der Waals surface area contributed by atoms with Gasteiger partial charge in [-0.25, -0.2) is 9.36 Å². The van der Waals surface area contributed by atoms with Gasteiger partial charge in [-0.15, -0.1) is 0 Å². The molecule has 2 heterocycles. The highest BCUT2D eigenvalue weighted by atomic mass is 16.1. The quantitative estimate of drug-likeness (QED) is 0.517. The van der Waals surface area contributed by atoms with Crippen molar-refractivity contribution in [2.24, 2.45) is 0 Å². The van der Waals surface area contributed by atoms with Crippen molar-refractivity contribution in [3.63, 3.8) is 0 Å². The van der Waals surface area contributed by atoms with Gasteiger partial charge in [0.2, 0.25) is 0 Å². The molecule has 4 aromatic rings. The summed E-state index contributed by atoms with van der Waals surface area (Å²) in [6.07, 6.45) is 0. The van der Waals surface area contributed by atoms with E-state index in [1.807, 2.05) is 97.7 Å². The number of hydrogen-bond donors (Lipinski definition) is 0. The number of rotatable bonds is 4. The fraction of sp³-hybridized carbons (Fsp3) is 0.250. The summed E-state index contributed by atoms with van der Waals surface area (Å²) in [7, 11) is 0. The molecule has 0 spiro atoms. The molecular formula is C24H28N4O2. The number of aromatic nitrogens is 4.